The van der Waals surface area contributed by atoms with E-state index in [0.717, 1.165) is 11.8 Å². The van der Waals surface area contributed by atoms with E-state index in [4.69, 9.17) is 0 Å². The Kier molecular flexibility index (Phi) is 5.79. The maximum atomic E-state index is 3.57. The summed E-state index contributed by atoms with van der Waals surface area (Å²) >= 11 is 0. The molecule has 2 nitrogen and oxygen atoms in total. The monoisotopic (exact) mass is 238 g/mol. The van der Waals surface area contributed by atoms with E-state index >= 15 is 0 Å². The van der Waals surface area contributed by atoms with Crippen molar-refractivity contribution < 1.29 is 0 Å². The van der Waals surface area contributed by atoms with Gasteiger partial charge in [0.25, 0.3) is 0 Å². The van der Waals surface area contributed by atoms with Gasteiger partial charge in [-0.15, -0.1) is 0 Å². The maximum Gasteiger partial charge on any atom is 0.00224 e. The second-order valence-corrected chi connectivity index (χ2v) is 6.12. The fourth-order valence-corrected chi connectivity index (χ4v) is 3.46. The van der Waals surface area contributed by atoms with E-state index in [1.165, 1.54) is 77.7 Å². The highest BCUT2D eigenvalue weighted by Crippen LogP contribution is 2.26. The van der Waals surface area contributed by atoms with Gasteiger partial charge in [-0.1, -0.05) is 26.2 Å². The van der Waals surface area contributed by atoms with Crippen molar-refractivity contribution in [1.82, 2.24) is 10.2 Å². The van der Waals surface area contributed by atoms with Gasteiger partial charge in [0.15, 0.2) is 0 Å². The molecule has 0 aromatic rings. The topological polar surface area (TPSA) is 15.3 Å². The summed E-state index contributed by atoms with van der Waals surface area (Å²) in [6.07, 6.45) is 10.1. The first kappa shape index (κ1) is 13.4. The molecule has 17 heavy (non-hydrogen) atoms. The molecule has 2 rings (SSSR count). The zero-order valence-corrected chi connectivity index (χ0v) is 11.6. The van der Waals surface area contributed by atoms with E-state index in [-0.39, 0.29) is 0 Å². The van der Waals surface area contributed by atoms with Crippen LogP contribution in [0.5, 0.6) is 0 Å². The third kappa shape index (κ3) is 4.59. The largest absolute Gasteiger partial charge is 0.316 e. The molecule has 2 fully saturated rings. The lowest BCUT2D eigenvalue weighted by molar-refractivity contribution is 0.227. The van der Waals surface area contributed by atoms with Gasteiger partial charge in [-0.3, -0.25) is 0 Å². The first-order valence-electron chi connectivity index (χ1n) is 7.81. The Morgan fingerprint density at radius 3 is 2.65 bits per heavy atom. The molecule has 1 unspecified atom stereocenters. The van der Waals surface area contributed by atoms with Crippen molar-refractivity contribution in [2.45, 2.75) is 51.9 Å². The molecule has 0 radical (unpaired) electrons. The Labute approximate surface area is 107 Å². The van der Waals surface area contributed by atoms with Crippen molar-refractivity contribution in [1.29, 1.82) is 0 Å². The minimum absolute atomic E-state index is 0.921. The average molecular weight is 238 g/mol. The lowest BCUT2D eigenvalue weighted by atomic mass is 9.89. The molecule has 0 spiro atoms. The molecule has 2 aliphatic rings. The quantitative estimate of drug-likeness (QED) is 0.716. The van der Waals surface area contributed by atoms with Crippen molar-refractivity contribution in [3.8, 4) is 0 Å². The molecule has 1 aliphatic carbocycles. The fourth-order valence-electron chi connectivity index (χ4n) is 3.46. The van der Waals surface area contributed by atoms with Crippen molar-refractivity contribution in [3.05, 3.63) is 0 Å². The van der Waals surface area contributed by atoms with Gasteiger partial charge in [0, 0.05) is 13.1 Å². The predicted octanol–water partition coefficient (Wildman–Crippen LogP) is 2.89. The van der Waals surface area contributed by atoms with Crippen LogP contribution in [0, 0.1) is 11.8 Å². The SMILES string of the molecule is CCCNCC1CCN(CC2CCCCC2)C1. The second kappa shape index (κ2) is 7.38. The van der Waals surface area contributed by atoms with Gasteiger partial charge in [0.05, 0.1) is 0 Å². The Bertz CT molecular complexity index is 199. The van der Waals surface area contributed by atoms with Crippen LogP contribution >= 0.6 is 0 Å². The van der Waals surface area contributed by atoms with E-state index in [9.17, 15) is 0 Å². The molecule has 2 heteroatoms. The molecule has 100 valence electrons. The summed E-state index contributed by atoms with van der Waals surface area (Å²) in [7, 11) is 0. The summed E-state index contributed by atoms with van der Waals surface area (Å²) in [5.41, 5.74) is 0. The normalized spacial score (nSPS) is 27.7. The molecule has 1 saturated heterocycles. The third-order valence-electron chi connectivity index (χ3n) is 4.47. The highest BCUT2D eigenvalue weighted by atomic mass is 15.1. The summed E-state index contributed by atoms with van der Waals surface area (Å²) in [6.45, 7) is 8.79. The highest BCUT2D eigenvalue weighted by Gasteiger charge is 2.24. The van der Waals surface area contributed by atoms with Gasteiger partial charge >= 0.3 is 0 Å². The van der Waals surface area contributed by atoms with E-state index in [1.807, 2.05) is 0 Å². The summed E-state index contributed by atoms with van der Waals surface area (Å²) in [5.74, 6) is 1.94. The zero-order chi connectivity index (χ0) is 11.9. The molecule has 1 heterocycles. The van der Waals surface area contributed by atoms with Crippen LogP contribution in [0.4, 0.5) is 0 Å². The first-order chi connectivity index (χ1) is 8.38. The molecule has 1 saturated carbocycles. The van der Waals surface area contributed by atoms with E-state index in [2.05, 4.69) is 17.1 Å². The number of likely N-dealkylation sites (tertiary alicyclic amines) is 1. The van der Waals surface area contributed by atoms with Gasteiger partial charge in [0.1, 0.15) is 0 Å². The summed E-state index contributed by atoms with van der Waals surface area (Å²) in [4.78, 5) is 2.73. The highest BCUT2D eigenvalue weighted by molar-refractivity contribution is 4.79. The first-order valence-corrected chi connectivity index (χ1v) is 7.81. The third-order valence-corrected chi connectivity index (χ3v) is 4.47. The molecule has 0 amide bonds. The number of hydrogen-bond acceptors (Lipinski definition) is 2. The Balaban J connectivity index is 1.60. The standard InChI is InChI=1S/C15H30N2/c1-2-9-16-11-15-8-10-17(13-15)12-14-6-4-3-5-7-14/h14-16H,2-13H2,1H3. The van der Waals surface area contributed by atoms with Crippen LogP contribution in [0.1, 0.15) is 51.9 Å². The van der Waals surface area contributed by atoms with Gasteiger partial charge in [-0.25, -0.2) is 0 Å². The van der Waals surface area contributed by atoms with Gasteiger partial charge in [-0.05, 0) is 57.2 Å². The molecular weight excluding hydrogens is 208 g/mol. The Morgan fingerprint density at radius 2 is 1.88 bits per heavy atom. The van der Waals surface area contributed by atoms with Crippen LogP contribution in [-0.4, -0.2) is 37.6 Å². The molecule has 0 aromatic heterocycles. The van der Waals surface area contributed by atoms with Crippen LogP contribution in [0.3, 0.4) is 0 Å². The van der Waals surface area contributed by atoms with Gasteiger partial charge in [-0.2, -0.15) is 0 Å². The lowest BCUT2D eigenvalue weighted by Gasteiger charge is -2.26. The van der Waals surface area contributed by atoms with Crippen LogP contribution < -0.4 is 5.32 Å². The van der Waals surface area contributed by atoms with Crippen LogP contribution in [-0.2, 0) is 0 Å². The summed E-state index contributed by atoms with van der Waals surface area (Å²) in [5, 5.41) is 3.57. The fraction of sp³-hybridized carbons (Fsp3) is 1.00. The van der Waals surface area contributed by atoms with Crippen LogP contribution in [0.25, 0.3) is 0 Å². The molecular formula is C15H30N2. The second-order valence-electron chi connectivity index (χ2n) is 6.12. The van der Waals surface area contributed by atoms with Crippen LogP contribution in [0.2, 0.25) is 0 Å². The Morgan fingerprint density at radius 1 is 1.06 bits per heavy atom. The van der Waals surface area contributed by atoms with Crippen molar-refractivity contribution in [2.24, 2.45) is 11.8 Å². The molecule has 1 N–H and O–H groups in total. The zero-order valence-electron chi connectivity index (χ0n) is 11.6. The van der Waals surface area contributed by atoms with Crippen LogP contribution in [0.15, 0.2) is 0 Å². The molecule has 0 bridgehead atoms. The smallest absolute Gasteiger partial charge is 0.00224 e. The van der Waals surface area contributed by atoms with Gasteiger partial charge < -0.3 is 10.2 Å². The minimum Gasteiger partial charge on any atom is -0.316 e. The number of rotatable bonds is 6. The molecule has 0 aromatic carbocycles. The maximum absolute atomic E-state index is 3.57. The van der Waals surface area contributed by atoms with Gasteiger partial charge in [0.2, 0.25) is 0 Å². The van der Waals surface area contributed by atoms with E-state index < -0.39 is 0 Å². The lowest BCUT2D eigenvalue weighted by Crippen LogP contribution is -2.30. The summed E-state index contributed by atoms with van der Waals surface area (Å²) < 4.78 is 0. The van der Waals surface area contributed by atoms with E-state index in [0.29, 0.717) is 0 Å². The average Bonchev–Trinajstić information content (AvgIpc) is 2.79. The van der Waals surface area contributed by atoms with Crippen molar-refractivity contribution >= 4 is 0 Å². The molecule has 1 atom stereocenters. The predicted molar refractivity (Wildman–Crippen MR) is 74.3 cm³/mol. The van der Waals surface area contributed by atoms with Crippen molar-refractivity contribution in [3.63, 3.8) is 0 Å². The van der Waals surface area contributed by atoms with E-state index in [1.54, 1.807) is 0 Å². The number of nitrogens with zero attached hydrogens (tertiary/aromatic N) is 1. The number of nitrogens with one attached hydrogen (secondary N) is 1. The summed E-state index contributed by atoms with van der Waals surface area (Å²) in [6, 6.07) is 0. The number of hydrogen-bond donors (Lipinski definition) is 1. The molecule has 1 aliphatic heterocycles. The Hall–Kier alpha value is -0.0800. The minimum atomic E-state index is 0.921. The van der Waals surface area contributed by atoms with Crippen molar-refractivity contribution in [2.75, 3.05) is 32.7 Å².